The molecule has 2 aromatic carbocycles. The maximum atomic E-state index is 12.5. The van der Waals surface area contributed by atoms with E-state index in [4.69, 9.17) is 9.47 Å². The zero-order valence-electron chi connectivity index (χ0n) is 20.5. The van der Waals surface area contributed by atoms with Gasteiger partial charge in [-0.15, -0.1) is 0 Å². The number of carbonyl (C=O) groups is 2. The Morgan fingerprint density at radius 3 is 2.49 bits per heavy atom. The van der Waals surface area contributed by atoms with Crippen LogP contribution >= 0.6 is 0 Å². The van der Waals surface area contributed by atoms with Gasteiger partial charge in [0.05, 0.1) is 6.61 Å². The first-order valence-corrected chi connectivity index (χ1v) is 12.8. The molecule has 2 amide bonds. The highest BCUT2D eigenvalue weighted by atomic mass is 16.6. The molecule has 3 aliphatic rings. The molecule has 1 saturated carbocycles. The fourth-order valence-electron chi connectivity index (χ4n) is 5.53. The lowest BCUT2D eigenvalue weighted by atomic mass is 10.0. The maximum Gasteiger partial charge on any atom is 0.414 e. The van der Waals surface area contributed by atoms with Crippen molar-refractivity contribution in [2.45, 2.75) is 50.6 Å². The molecular weight excluding hydrogens is 442 g/mol. The number of rotatable bonds is 8. The second-order valence-electron chi connectivity index (χ2n) is 9.78. The Bertz CT molecular complexity index is 1000. The molecule has 0 N–H and O–H groups in total. The summed E-state index contributed by atoms with van der Waals surface area (Å²) in [5, 5.41) is 0. The molecule has 2 heterocycles. The minimum Gasteiger partial charge on any atom is -0.492 e. The van der Waals surface area contributed by atoms with Gasteiger partial charge in [0.1, 0.15) is 12.4 Å². The van der Waals surface area contributed by atoms with Gasteiger partial charge in [-0.25, -0.2) is 4.79 Å². The zero-order valence-corrected chi connectivity index (χ0v) is 20.5. The Morgan fingerprint density at radius 2 is 1.80 bits per heavy atom. The summed E-state index contributed by atoms with van der Waals surface area (Å²) in [6.45, 7) is 6.35. The van der Waals surface area contributed by atoms with Gasteiger partial charge in [0, 0.05) is 56.8 Å². The quantitative estimate of drug-likeness (QED) is 0.568. The van der Waals surface area contributed by atoms with Crippen LogP contribution in [0.15, 0.2) is 54.6 Å². The van der Waals surface area contributed by atoms with Crippen LogP contribution in [0.1, 0.15) is 44.1 Å². The molecule has 2 saturated heterocycles. The Balaban J connectivity index is 1.06. The summed E-state index contributed by atoms with van der Waals surface area (Å²) in [5.74, 6) is 1.49. The van der Waals surface area contributed by atoms with Crippen molar-refractivity contribution in [2.75, 3.05) is 44.3 Å². The van der Waals surface area contributed by atoms with Crippen molar-refractivity contribution in [1.29, 1.82) is 0 Å². The Morgan fingerprint density at radius 1 is 1.06 bits per heavy atom. The van der Waals surface area contributed by atoms with Gasteiger partial charge in [-0.2, -0.15) is 0 Å². The van der Waals surface area contributed by atoms with Gasteiger partial charge < -0.3 is 14.4 Å². The standard InChI is InChI=1S/C28H35N3O4/c1-21(32)31(27-20-26(27)22-6-3-2-4-7-22)24-12-15-29(16-13-24)17-19-34-25-10-8-23(9-11-25)30-14-5-18-35-28(30)33/h2-4,6-11,24,26-27H,5,12-20H2,1H3/t26?,27-/m1/s1. The molecule has 2 aliphatic heterocycles. The number of likely N-dealkylation sites (tertiary alicyclic amines) is 1. The third kappa shape index (κ3) is 5.61. The van der Waals surface area contributed by atoms with Gasteiger partial charge in [0.25, 0.3) is 0 Å². The summed E-state index contributed by atoms with van der Waals surface area (Å²) in [7, 11) is 0. The molecule has 7 nitrogen and oxygen atoms in total. The molecule has 0 radical (unpaired) electrons. The summed E-state index contributed by atoms with van der Waals surface area (Å²) in [5.41, 5.74) is 2.19. The monoisotopic (exact) mass is 477 g/mol. The Kier molecular flexibility index (Phi) is 7.23. The highest BCUT2D eigenvalue weighted by molar-refractivity contribution is 5.88. The van der Waals surface area contributed by atoms with Crippen LogP contribution < -0.4 is 9.64 Å². The van der Waals surface area contributed by atoms with Crippen molar-refractivity contribution in [1.82, 2.24) is 9.80 Å². The summed E-state index contributed by atoms with van der Waals surface area (Å²) < 4.78 is 11.1. The molecule has 7 heteroatoms. The predicted octanol–water partition coefficient (Wildman–Crippen LogP) is 4.28. The molecule has 1 unspecified atom stereocenters. The van der Waals surface area contributed by atoms with E-state index in [-0.39, 0.29) is 12.0 Å². The van der Waals surface area contributed by atoms with E-state index in [0.717, 1.165) is 56.8 Å². The second-order valence-corrected chi connectivity index (χ2v) is 9.78. The largest absolute Gasteiger partial charge is 0.492 e. The second kappa shape index (κ2) is 10.7. The predicted molar refractivity (Wildman–Crippen MR) is 135 cm³/mol. The molecule has 0 spiro atoms. The Hall–Kier alpha value is -3.06. The smallest absolute Gasteiger partial charge is 0.414 e. The van der Waals surface area contributed by atoms with E-state index in [1.165, 1.54) is 5.56 Å². The van der Waals surface area contributed by atoms with Crippen LogP contribution in [0.2, 0.25) is 0 Å². The molecule has 5 rings (SSSR count). The number of amides is 2. The maximum absolute atomic E-state index is 12.5. The lowest BCUT2D eigenvalue weighted by Gasteiger charge is -2.38. The molecule has 0 aromatic heterocycles. The number of carbonyl (C=O) groups excluding carboxylic acids is 2. The third-order valence-corrected chi connectivity index (χ3v) is 7.45. The van der Waals surface area contributed by atoms with Gasteiger partial charge in [0.15, 0.2) is 0 Å². The van der Waals surface area contributed by atoms with Crippen LogP contribution in [0.25, 0.3) is 0 Å². The van der Waals surface area contributed by atoms with Gasteiger partial charge in [-0.05, 0) is 55.5 Å². The molecule has 3 fully saturated rings. The van der Waals surface area contributed by atoms with Crippen molar-refractivity contribution in [2.24, 2.45) is 0 Å². The van der Waals surface area contributed by atoms with Crippen molar-refractivity contribution >= 4 is 17.7 Å². The van der Waals surface area contributed by atoms with E-state index >= 15 is 0 Å². The van der Waals surface area contributed by atoms with Crippen LogP contribution in [0.4, 0.5) is 10.5 Å². The van der Waals surface area contributed by atoms with Gasteiger partial charge in [-0.1, -0.05) is 30.3 Å². The first-order chi connectivity index (χ1) is 17.1. The zero-order chi connectivity index (χ0) is 24.2. The fraction of sp³-hybridized carbons (Fsp3) is 0.500. The van der Waals surface area contributed by atoms with Crippen LogP contribution in [-0.2, 0) is 9.53 Å². The third-order valence-electron chi connectivity index (χ3n) is 7.45. The highest BCUT2D eigenvalue weighted by Crippen LogP contribution is 2.46. The van der Waals surface area contributed by atoms with Gasteiger partial charge in [-0.3, -0.25) is 14.6 Å². The van der Waals surface area contributed by atoms with Crippen LogP contribution in [0, 0.1) is 0 Å². The summed E-state index contributed by atoms with van der Waals surface area (Å²) in [6, 6.07) is 18.9. The van der Waals surface area contributed by atoms with Crippen molar-refractivity contribution in [3.63, 3.8) is 0 Å². The molecule has 35 heavy (non-hydrogen) atoms. The summed E-state index contributed by atoms with van der Waals surface area (Å²) in [4.78, 5) is 30.7. The van der Waals surface area contributed by atoms with Gasteiger partial charge in [0.2, 0.25) is 5.91 Å². The van der Waals surface area contributed by atoms with E-state index in [0.29, 0.717) is 37.8 Å². The molecular formula is C28H35N3O4. The van der Waals surface area contributed by atoms with E-state index in [1.807, 2.05) is 30.3 Å². The molecule has 2 atom stereocenters. The van der Waals surface area contributed by atoms with E-state index in [2.05, 4.69) is 34.1 Å². The minimum atomic E-state index is -0.283. The van der Waals surface area contributed by atoms with Crippen molar-refractivity contribution in [3.05, 3.63) is 60.2 Å². The van der Waals surface area contributed by atoms with Crippen LogP contribution in [0.5, 0.6) is 5.75 Å². The van der Waals surface area contributed by atoms with Crippen LogP contribution in [-0.4, -0.2) is 73.3 Å². The van der Waals surface area contributed by atoms with Crippen LogP contribution in [0.3, 0.4) is 0 Å². The molecule has 2 aromatic rings. The number of benzene rings is 2. The Labute approximate surface area is 207 Å². The highest BCUT2D eigenvalue weighted by Gasteiger charge is 2.46. The summed E-state index contributed by atoms with van der Waals surface area (Å²) in [6.07, 6.45) is 3.67. The lowest BCUT2D eigenvalue weighted by Crippen LogP contribution is -2.48. The first-order valence-electron chi connectivity index (χ1n) is 12.8. The molecule has 0 bridgehead atoms. The number of hydrogen-bond donors (Lipinski definition) is 0. The molecule has 186 valence electrons. The number of piperidine rings is 1. The van der Waals surface area contributed by atoms with E-state index < -0.39 is 0 Å². The SMILES string of the molecule is CC(=O)N(C1CCN(CCOc2ccc(N3CCCOC3=O)cc2)CC1)[C@@H]1CC1c1ccccc1. The average molecular weight is 478 g/mol. The normalized spacial score (nSPS) is 23.0. The topological polar surface area (TPSA) is 62.3 Å². The van der Waals surface area contributed by atoms with Crippen molar-refractivity contribution < 1.29 is 19.1 Å². The number of anilines is 1. The van der Waals surface area contributed by atoms with E-state index in [9.17, 15) is 9.59 Å². The molecule has 1 aliphatic carbocycles. The fourth-order valence-corrected chi connectivity index (χ4v) is 5.53. The van der Waals surface area contributed by atoms with Crippen molar-refractivity contribution in [3.8, 4) is 5.75 Å². The first kappa shape index (κ1) is 23.7. The van der Waals surface area contributed by atoms with Gasteiger partial charge >= 0.3 is 6.09 Å². The number of ether oxygens (including phenoxy) is 2. The number of nitrogens with zero attached hydrogens (tertiary/aromatic N) is 3. The minimum absolute atomic E-state index is 0.205. The number of hydrogen-bond acceptors (Lipinski definition) is 5. The lowest BCUT2D eigenvalue weighted by molar-refractivity contribution is -0.133. The number of cyclic esters (lactones) is 1. The average Bonchev–Trinajstić information content (AvgIpc) is 3.67. The summed E-state index contributed by atoms with van der Waals surface area (Å²) >= 11 is 0. The van der Waals surface area contributed by atoms with E-state index in [1.54, 1.807) is 11.8 Å².